The fraction of sp³-hybridized carbons (Fsp3) is 0.429. The van der Waals surface area contributed by atoms with Crippen LogP contribution in [0.15, 0.2) is 24.3 Å². The van der Waals surface area contributed by atoms with E-state index in [1.54, 1.807) is 25.1 Å². The molecule has 0 heterocycles. The molecule has 1 aromatic carbocycles. The van der Waals surface area contributed by atoms with Gasteiger partial charge in [-0.25, -0.2) is 0 Å². The first-order chi connectivity index (χ1) is 8.84. The van der Waals surface area contributed by atoms with Crippen molar-refractivity contribution >= 4 is 5.91 Å². The molecular weight excluding hydrogens is 242 g/mol. The number of aliphatic hydroxyl groups is 1. The number of nitriles is 1. The van der Waals surface area contributed by atoms with Crippen LogP contribution < -0.4 is 5.32 Å². The topological polar surface area (TPSA) is 76.4 Å². The molecule has 0 saturated heterocycles. The lowest BCUT2D eigenvalue weighted by molar-refractivity contribution is 0.0326. The number of rotatable bonds is 5. The Balaban J connectivity index is 2.63. The Morgan fingerprint density at radius 2 is 2.21 bits per heavy atom. The van der Waals surface area contributed by atoms with Gasteiger partial charge in [-0.2, -0.15) is 5.26 Å². The van der Waals surface area contributed by atoms with Gasteiger partial charge in [-0.1, -0.05) is 6.07 Å². The van der Waals surface area contributed by atoms with Crippen LogP contribution >= 0.6 is 0 Å². The van der Waals surface area contributed by atoms with Crippen LogP contribution in [0.25, 0.3) is 0 Å². The molecule has 1 atom stereocenters. The van der Waals surface area contributed by atoms with Crippen molar-refractivity contribution in [2.75, 3.05) is 27.2 Å². The summed E-state index contributed by atoms with van der Waals surface area (Å²) in [5.41, 5.74) is -0.140. The zero-order valence-corrected chi connectivity index (χ0v) is 11.5. The molecule has 5 heteroatoms. The van der Waals surface area contributed by atoms with Gasteiger partial charge >= 0.3 is 0 Å². The lowest BCUT2D eigenvalue weighted by atomic mass is 10.1. The SMILES string of the molecule is CN(C)CC(C)(O)CNC(=O)c1cccc(C#N)c1. The van der Waals surface area contributed by atoms with Crippen LogP contribution in [0.5, 0.6) is 0 Å². The largest absolute Gasteiger partial charge is 0.387 e. The normalized spacial score (nSPS) is 13.7. The molecule has 0 aliphatic rings. The predicted octanol–water partition coefficient (Wildman–Crippen LogP) is 0.601. The second kappa shape index (κ2) is 6.32. The summed E-state index contributed by atoms with van der Waals surface area (Å²) in [6.45, 7) is 2.27. The fourth-order valence-electron chi connectivity index (χ4n) is 1.84. The Morgan fingerprint density at radius 1 is 1.53 bits per heavy atom. The van der Waals surface area contributed by atoms with Gasteiger partial charge in [-0.05, 0) is 39.2 Å². The summed E-state index contributed by atoms with van der Waals surface area (Å²) >= 11 is 0. The van der Waals surface area contributed by atoms with Gasteiger partial charge in [-0.3, -0.25) is 4.79 Å². The Hall–Kier alpha value is -1.90. The standard InChI is InChI=1S/C14H19N3O2/c1-14(19,10-17(2)3)9-16-13(18)12-6-4-5-11(7-12)8-15/h4-7,19H,9-10H2,1-3H3,(H,16,18). The van der Waals surface area contributed by atoms with Crippen LogP contribution in [-0.2, 0) is 0 Å². The van der Waals surface area contributed by atoms with Crippen molar-refractivity contribution in [1.82, 2.24) is 10.2 Å². The van der Waals surface area contributed by atoms with E-state index >= 15 is 0 Å². The summed E-state index contributed by atoms with van der Waals surface area (Å²) in [5, 5.41) is 21.5. The molecule has 0 bridgehead atoms. The average Bonchev–Trinajstić information content (AvgIpc) is 2.34. The molecule has 1 aromatic rings. The molecular formula is C14H19N3O2. The highest BCUT2D eigenvalue weighted by Gasteiger charge is 2.22. The minimum Gasteiger partial charge on any atom is -0.387 e. The summed E-state index contributed by atoms with van der Waals surface area (Å²) in [6.07, 6.45) is 0. The van der Waals surface area contributed by atoms with E-state index < -0.39 is 5.60 Å². The molecule has 0 aromatic heterocycles. The first-order valence-electron chi connectivity index (χ1n) is 5.99. The molecule has 19 heavy (non-hydrogen) atoms. The zero-order valence-electron chi connectivity index (χ0n) is 11.5. The fourth-order valence-corrected chi connectivity index (χ4v) is 1.84. The number of hydrogen-bond acceptors (Lipinski definition) is 4. The molecule has 0 radical (unpaired) electrons. The second-order valence-corrected chi connectivity index (χ2v) is 5.11. The summed E-state index contributed by atoms with van der Waals surface area (Å²) < 4.78 is 0. The molecule has 1 amide bonds. The van der Waals surface area contributed by atoms with Gasteiger partial charge in [0.05, 0.1) is 17.2 Å². The monoisotopic (exact) mass is 261 g/mol. The third kappa shape index (κ3) is 5.08. The van der Waals surface area contributed by atoms with E-state index in [4.69, 9.17) is 5.26 Å². The number of amides is 1. The second-order valence-electron chi connectivity index (χ2n) is 5.11. The van der Waals surface area contributed by atoms with Crippen LogP contribution in [0.3, 0.4) is 0 Å². The number of carbonyl (C=O) groups excluding carboxylic acids is 1. The van der Waals surface area contributed by atoms with Crippen molar-refractivity contribution < 1.29 is 9.90 Å². The van der Waals surface area contributed by atoms with Crippen molar-refractivity contribution in [2.24, 2.45) is 0 Å². The van der Waals surface area contributed by atoms with Crippen LogP contribution in [0.4, 0.5) is 0 Å². The predicted molar refractivity (Wildman–Crippen MR) is 72.7 cm³/mol. The Labute approximate surface area is 113 Å². The molecule has 0 aliphatic carbocycles. The van der Waals surface area contributed by atoms with Gasteiger partial charge in [0.2, 0.25) is 0 Å². The van der Waals surface area contributed by atoms with Crippen molar-refractivity contribution in [3.8, 4) is 6.07 Å². The van der Waals surface area contributed by atoms with E-state index in [0.717, 1.165) is 0 Å². The Kier molecular flexibility index (Phi) is 5.04. The number of likely N-dealkylation sites (N-methyl/N-ethyl adjacent to an activating group) is 1. The van der Waals surface area contributed by atoms with Gasteiger partial charge in [0.25, 0.3) is 5.91 Å². The van der Waals surface area contributed by atoms with Gasteiger partial charge in [-0.15, -0.1) is 0 Å². The van der Waals surface area contributed by atoms with Crippen molar-refractivity contribution in [2.45, 2.75) is 12.5 Å². The molecule has 5 nitrogen and oxygen atoms in total. The maximum atomic E-state index is 11.9. The number of benzene rings is 1. The van der Waals surface area contributed by atoms with Gasteiger partial charge in [0, 0.05) is 18.7 Å². The average molecular weight is 261 g/mol. The molecule has 0 aliphatic heterocycles. The lowest BCUT2D eigenvalue weighted by Crippen LogP contribution is -2.47. The molecule has 102 valence electrons. The number of nitrogens with one attached hydrogen (secondary N) is 1. The van der Waals surface area contributed by atoms with Gasteiger partial charge in [0.1, 0.15) is 0 Å². The van der Waals surface area contributed by atoms with Crippen molar-refractivity contribution in [3.63, 3.8) is 0 Å². The molecule has 1 unspecified atom stereocenters. The highest BCUT2D eigenvalue weighted by molar-refractivity contribution is 5.94. The Morgan fingerprint density at radius 3 is 2.79 bits per heavy atom. The summed E-state index contributed by atoms with van der Waals surface area (Å²) in [5.74, 6) is -0.295. The van der Waals surface area contributed by atoms with Crippen molar-refractivity contribution in [3.05, 3.63) is 35.4 Å². The minimum absolute atomic E-state index is 0.154. The molecule has 0 fully saturated rings. The van der Waals surface area contributed by atoms with E-state index in [1.807, 2.05) is 25.1 Å². The van der Waals surface area contributed by atoms with Crippen LogP contribution in [-0.4, -0.2) is 48.7 Å². The number of nitrogens with zero attached hydrogens (tertiary/aromatic N) is 2. The maximum absolute atomic E-state index is 11.9. The van der Waals surface area contributed by atoms with Gasteiger partial charge in [0.15, 0.2) is 0 Å². The molecule has 0 saturated carbocycles. The smallest absolute Gasteiger partial charge is 0.251 e. The molecule has 0 spiro atoms. The summed E-state index contributed by atoms with van der Waals surface area (Å²) in [6, 6.07) is 8.44. The van der Waals surface area contributed by atoms with Gasteiger partial charge < -0.3 is 15.3 Å². The summed E-state index contributed by atoms with van der Waals surface area (Å²) in [7, 11) is 3.71. The minimum atomic E-state index is -0.994. The highest BCUT2D eigenvalue weighted by atomic mass is 16.3. The molecule has 2 N–H and O–H groups in total. The van der Waals surface area contributed by atoms with Crippen LogP contribution in [0.2, 0.25) is 0 Å². The van der Waals surface area contributed by atoms with E-state index in [2.05, 4.69) is 5.32 Å². The van der Waals surface area contributed by atoms with E-state index in [9.17, 15) is 9.90 Å². The Bertz CT molecular complexity index is 490. The summed E-state index contributed by atoms with van der Waals surface area (Å²) in [4.78, 5) is 13.7. The van der Waals surface area contributed by atoms with Crippen molar-refractivity contribution in [1.29, 1.82) is 5.26 Å². The lowest BCUT2D eigenvalue weighted by Gasteiger charge is -2.27. The zero-order chi connectivity index (χ0) is 14.5. The third-order valence-electron chi connectivity index (χ3n) is 2.54. The quantitative estimate of drug-likeness (QED) is 0.814. The van der Waals surface area contributed by atoms with Crippen LogP contribution in [0.1, 0.15) is 22.8 Å². The highest BCUT2D eigenvalue weighted by Crippen LogP contribution is 2.06. The first-order valence-corrected chi connectivity index (χ1v) is 5.99. The molecule has 1 rings (SSSR count). The maximum Gasteiger partial charge on any atom is 0.251 e. The van der Waals surface area contributed by atoms with E-state index in [1.165, 1.54) is 6.07 Å². The third-order valence-corrected chi connectivity index (χ3v) is 2.54. The number of hydrogen-bond donors (Lipinski definition) is 2. The number of carbonyl (C=O) groups is 1. The first kappa shape index (κ1) is 15.2. The van der Waals surface area contributed by atoms with Crippen LogP contribution in [0, 0.1) is 11.3 Å². The van der Waals surface area contributed by atoms with E-state index in [-0.39, 0.29) is 12.5 Å². The van der Waals surface area contributed by atoms with E-state index in [0.29, 0.717) is 17.7 Å².